The third-order valence-corrected chi connectivity index (χ3v) is 10.8. The van der Waals surface area contributed by atoms with E-state index in [0.29, 0.717) is 0 Å². The summed E-state index contributed by atoms with van der Waals surface area (Å²) >= 11 is 0. The molecule has 0 unspecified atom stereocenters. The van der Waals surface area contributed by atoms with E-state index in [1.165, 1.54) is 38.6 Å². The standard InChI is InChI=1S/C50H58N4O/c1-11-17-38-41(18-12-2)47(49(5,6)7)46(48(50(8,9)10)42(38)19-13-3)34-31-52-53(32-34)35-20-16-21-36(29-35)55-37-24-25-40-39-22-14-15-23-43(39)54(44(40)30-37)45-28-33(4)26-27-51-45/h14-16,20-32H,11-13,17-19H2,1-10H3. The summed E-state index contributed by atoms with van der Waals surface area (Å²) in [5.74, 6) is 2.43. The van der Waals surface area contributed by atoms with Crippen molar-refractivity contribution >= 4 is 21.8 Å². The molecule has 3 aromatic heterocycles. The molecule has 0 aliphatic rings. The van der Waals surface area contributed by atoms with Gasteiger partial charge in [0.05, 0.1) is 22.9 Å². The van der Waals surface area contributed by atoms with Gasteiger partial charge >= 0.3 is 0 Å². The maximum absolute atomic E-state index is 6.62. The summed E-state index contributed by atoms with van der Waals surface area (Å²) in [6.07, 6.45) is 12.9. The van der Waals surface area contributed by atoms with Gasteiger partial charge in [0, 0.05) is 40.9 Å². The van der Waals surface area contributed by atoms with E-state index < -0.39 is 0 Å². The first kappa shape index (κ1) is 38.1. The third-order valence-electron chi connectivity index (χ3n) is 10.8. The Balaban J connectivity index is 1.32. The van der Waals surface area contributed by atoms with Gasteiger partial charge in [0.25, 0.3) is 0 Å². The fraction of sp³-hybridized carbons (Fsp3) is 0.360. The number of aromatic nitrogens is 4. The van der Waals surface area contributed by atoms with Crippen LogP contribution < -0.4 is 4.74 Å². The zero-order valence-corrected chi connectivity index (χ0v) is 34.7. The van der Waals surface area contributed by atoms with E-state index in [9.17, 15) is 0 Å². The number of rotatable bonds is 11. The van der Waals surface area contributed by atoms with Crippen LogP contribution in [-0.4, -0.2) is 19.3 Å². The highest BCUT2D eigenvalue weighted by Gasteiger charge is 2.34. The van der Waals surface area contributed by atoms with Gasteiger partial charge in [0.15, 0.2) is 0 Å². The molecule has 0 bridgehead atoms. The molecule has 0 amide bonds. The van der Waals surface area contributed by atoms with Crippen LogP contribution in [0.2, 0.25) is 0 Å². The molecule has 7 rings (SSSR count). The molecule has 0 N–H and O–H groups in total. The minimum absolute atomic E-state index is 0.0366. The first-order chi connectivity index (χ1) is 26.3. The Kier molecular flexibility index (Phi) is 10.5. The summed E-state index contributed by atoms with van der Waals surface area (Å²) in [4.78, 5) is 4.76. The number of aryl methyl sites for hydroxylation is 1. The number of hydrogen-bond acceptors (Lipinski definition) is 3. The van der Waals surface area contributed by atoms with Crippen molar-refractivity contribution in [2.45, 2.75) is 119 Å². The summed E-state index contributed by atoms with van der Waals surface area (Å²) in [6.45, 7) is 23.5. The van der Waals surface area contributed by atoms with Gasteiger partial charge in [-0.25, -0.2) is 9.67 Å². The Labute approximate surface area is 328 Å². The Morgan fingerprint density at radius 3 is 1.93 bits per heavy atom. The minimum atomic E-state index is -0.0366. The Hall–Kier alpha value is -5.16. The molecule has 284 valence electrons. The van der Waals surface area contributed by atoms with Crippen molar-refractivity contribution in [3.05, 3.63) is 131 Å². The van der Waals surface area contributed by atoms with Crippen molar-refractivity contribution in [3.8, 4) is 34.1 Å². The quantitative estimate of drug-likeness (QED) is 0.133. The van der Waals surface area contributed by atoms with Gasteiger partial charge in [-0.05, 0) is 118 Å². The molecule has 0 aliphatic carbocycles. The van der Waals surface area contributed by atoms with Crippen LogP contribution in [0, 0.1) is 6.92 Å². The minimum Gasteiger partial charge on any atom is -0.457 e. The van der Waals surface area contributed by atoms with Gasteiger partial charge in [-0.1, -0.05) is 106 Å². The highest BCUT2D eigenvalue weighted by Crippen LogP contribution is 2.47. The monoisotopic (exact) mass is 730 g/mol. The number of fused-ring (bicyclic) bond motifs is 3. The molecule has 7 aromatic rings. The molecule has 0 saturated heterocycles. The third kappa shape index (κ3) is 7.34. The molecule has 55 heavy (non-hydrogen) atoms. The Morgan fingerprint density at radius 1 is 0.636 bits per heavy atom. The predicted octanol–water partition coefficient (Wildman–Crippen LogP) is 13.6. The molecular weight excluding hydrogens is 673 g/mol. The molecule has 0 fully saturated rings. The molecule has 0 spiro atoms. The summed E-state index contributed by atoms with van der Waals surface area (Å²) in [7, 11) is 0. The highest BCUT2D eigenvalue weighted by molar-refractivity contribution is 6.09. The fourth-order valence-electron chi connectivity index (χ4n) is 8.78. The van der Waals surface area contributed by atoms with Crippen LogP contribution in [0.3, 0.4) is 0 Å². The van der Waals surface area contributed by atoms with E-state index in [-0.39, 0.29) is 10.8 Å². The molecule has 5 nitrogen and oxygen atoms in total. The Morgan fingerprint density at radius 2 is 1.27 bits per heavy atom. The SMILES string of the molecule is CCCc1c(CCC)c(C(C)(C)C)c(-c2cnn(-c3cccc(Oc4ccc5c6ccccc6n(-c6cc(C)ccn6)c5c4)c3)c2)c(C(C)(C)C)c1CCC. The molecule has 0 aliphatic heterocycles. The second-order valence-electron chi connectivity index (χ2n) is 17.3. The summed E-state index contributed by atoms with van der Waals surface area (Å²) in [5, 5.41) is 7.39. The highest BCUT2D eigenvalue weighted by atomic mass is 16.5. The number of ether oxygens (including phenoxy) is 1. The zero-order chi connectivity index (χ0) is 39.1. The average Bonchev–Trinajstić information content (AvgIpc) is 3.75. The molecule has 0 radical (unpaired) electrons. The lowest BCUT2D eigenvalue weighted by atomic mass is 9.67. The lowest BCUT2D eigenvalue weighted by molar-refractivity contribution is 0.483. The largest absolute Gasteiger partial charge is 0.457 e. The van der Waals surface area contributed by atoms with Gasteiger partial charge in [-0.15, -0.1) is 0 Å². The van der Waals surface area contributed by atoms with Crippen LogP contribution >= 0.6 is 0 Å². The maximum atomic E-state index is 6.62. The van der Waals surface area contributed by atoms with Gasteiger partial charge < -0.3 is 4.74 Å². The van der Waals surface area contributed by atoms with Crippen molar-refractivity contribution in [1.82, 2.24) is 19.3 Å². The van der Waals surface area contributed by atoms with E-state index in [4.69, 9.17) is 14.8 Å². The second-order valence-corrected chi connectivity index (χ2v) is 17.3. The van der Waals surface area contributed by atoms with E-state index in [1.54, 1.807) is 16.7 Å². The summed E-state index contributed by atoms with van der Waals surface area (Å²) in [6, 6.07) is 27.3. The van der Waals surface area contributed by atoms with Gasteiger partial charge in [-0.3, -0.25) is 4.57 Å². The molecule has 0 saturated carbocycles. The summed E-state index contributed by atoms with van der Waals surface area (Å²) in [5.41, 5.74) is 14.5. The lowest BCUT2D eigenvalue weighted by Crippen LogP contribution is -2.25. The van der Waals surface area contributed by atoms with E-state index >= 15 is 0 Å². The van der Waals surface area contributed by atoms with Crippen molar-refractivity contribution in [3.63, 3.8) is 0 Å². The van der Waals surface area contributed by atoms with E-state index in [2.05, 4.69) is 153 Å². The van der Waals surface area contributed by atoms with E-state index in [1.807, 2.05) is 23.0 Å². The molecule has 3 heterocycles. The van der Waals surface area contributed by atoms with Gasteiger partial charge in [-0.2, -0.15) is 5.10 Å². The zero-order valence-electron chi connectivity index (χ0n) is 34.7. The number of pyridine rings is 1. The normalized spacial score (nSPS) is 12.3. The fourth-order valence-corrected chi connectivity index (χ4v) is 8.78. The maximum Gasteiger partial charge on any atom is 0.137 e. The van der Waals surface area contributed by atoms with Crippen molar-refractivity contribution in [2.75, 3.05) is 0 Å². The van der Waals surface area contributed by atoms with Gasteiger partial charge in [0.2, 0.25) is 0 Å². The van der Waals surface area contributed by atoms with Crippen LogP contribution in [0.1, 0.15) is 115 Å². The van der Waals surface area contributed by atoms with Crippen molar-refractivity contribution in [1.29, 1.82) is 0 Å². The molecule has 5 heteroatoms. The smallest absolute Gasteiger partial charge is 0.137 e. The topological polar surface area (TPSA) is 44.9 Å². The average molecular weight is 731 g/mol. The number of benzene rings is 4. The van der Waals surface area contributed by atoms with Crippen molar-refractivity contribution < 1.29 is 4.74 Å². The number of nitrogens with zero attached hydrogens (tertiary/aromatic N) is 4. The van der Waals surface area contributed by atoms with Crippen LogP contribution in [0.4, 0.5) is 0 Å². The number of hydrogen-bond donors (Lipinski definition) is 0. The second kappa shape index (κ2) is 15.2. The Bertz CT molecular complexity index is 2440. The van der Waals surface area contributed by atoms with Crippen LogP contribution in [-0.2, 0) is 30.1 Å². The molecular formula is C50H58N4O. The first-order valence-corrected chi connectivity index (χ1v) is 20.3. The number of para-hydroxylation sites is 1. The van der Waals surface area contributed by atoms with E-state index in [0.717, 1.165) is 72.6 Å². The summed E-state index contributed by atoms with van der Waals surface area (Å²) < 4.78 is 10.9. The lowest BCUT2D eigenvalue weighted by Gasteiger charge is -2.37. The predicted molar refractivity (Wildman–Crippen MR) is 232 cm³/mol. The van der Waals surface area contributed by atoms with Crippen LogP contribution in [0.5, 0.6) is 11.5 Å². The van der Waals surface area contributed by atoms with Crippen molar-refractivity contribution in [2.24, 2.45) is 0 Å². The van der Waals surface area contributed by atoms with Gasteiger partial charge in [0.1, 0.15) is 17.3 Å². The van der Waals surface area contributed by atoms with Crippen LogP contribution in [0.25, 0.3) is 44.4 Å². The molecule has 0 atom stereocenters. The molecule has 4 aromatic carbocycles. The van der Waals surface area contributed by atoms with Crippen LogP contribution in [0.15, 0.2) is 97.5 Å². The first-order valence-electron chi connectivity index (χ1n) is 20.3.